The summed E-state index contributed by atoms with van der Waals surface area (Å²) in [7, 11) is 0. The highest BCUT2D eigenvalue weighted by Gasteiger charge is 2.11. The number of rotatable bonds is 11. The monoisotopic (exact) mass is 445 g/mol. The summed E-state index contributed by atoms with van der Waals surface area (Å²) < 4.78 is 13.4. The summed E-state index contributed by atoms with van der Waals surface area (Å²) in [6.07, 6.45) is 5.09. The van der Waals surface area contributed by atoms with Crippen molar-refractivity contribution in [1.29, 1.82) is 0 Å². The summed E-state index contributed by atoms with van der Waals surface area (Å²) in [5.41, 5.74) is 4.61. The van der Waals surface area contributed by atoms with Gasteiger partial charge in [0.2, 0.25) is 0 Å². The van der Waals surface area contributed by atoms with Gasteiger partial charge in [-0.1, -0.05) is 18.2 Å². The van der Waals surface area contributed by atoms with Gasteiger partial charge in [0.05, 0.1) is 23.9 Å². The third kappa shape index (κ3) is 6.04. The molecule has 0 aliphatic carbocycles. The number of nitrogens with zero attached hydrogens (tertiary/aromatic N) is 2. The van der Waals surface area contributed by atoms with E-state index in [-0.39, 0.29) is 5.91 Å². The topological polar surface area (TPSA) is 69.3 Å². The van der Waals surface area contributed by atoms with E-state index in [1.165, 1.54) is 17.4 Å². The maximum Gasteiger partial charge on any atom is 0.286 e. The Bertz CT molecular complexity index is 1170. The molecule has 2 heterocycles. The van der Waals surface area contributed by atoms with Crippen LogP contribution in [-0.4, -0.2) is 28.6 Å². The van der Waals surface area contributed by atoms with E-state index in [9.17, 15) is 4.79 Å². The number of nitrogens with one attached hydrogen (secondary N) is 1. The third-order valence-electron chi connectivity index (χ3n) is 5.58. The Balaban J connectivity index is 1.29. The van der Waals surface area contributed by atoms with Gasteiger partial charge in [-0.3, -0.25) is 4.79 Å². The fraction of sp³-hybridized carbons (Fsp3) is 0.333. The second-order valence-corrected chi connectivity index (χ2v) is 8.38. The number of fused-ring (bicyclic) bond motifs is 1. The van der Waals surface area contributed by atoms with E-state index in [0.29, 0.717) is 18.9 Å². The molecule has 2 aromatic heterocycles. The predicted octanol–water partition coefficient (Wildman–Crippen LogP) is 5.47. The number of imidazole rings is 1. The zero-order chi connectivity index (χ0) is 23.0. The molecule has 0 aliphatic heterocycles. The molecule has 0 atom stereocenters. The zero-order valence-electron chi connectivity index (χ0n) is 19.3. The molecule has 172 valence electrons. The van der Waals surface area contributed by atoms with Crippen molar-refractivity contribution in [3.8, 4) is 5.75 Å². The van der Waals surface area contributed by atoms with E-state index in [4.69, 9.17) is 14.1 Å². The average Bonchev–Trinajstić information content (AvgIpc) is 3.44. The van der Waals surface area contributed by atoms with Gasteiger partial charge in [-0.25, -0.2) is 4.98 Å². The first-order valence-electron chi connectivity index (χ1n) is 11.6. The summed E-state index contributed by atoms with van der Waals surface area (Å²) in [6.45, 7) is 6.35. The van der Waals surface area contributed by atoms with Crippen molar-refractivity contribution in [2.75, 3.05) is 13.2 Å². The molecule has 0 spiro atoms. The van der Waals surface area contributed by atoms with Gasteiger partial charge >= 0.3 is 0 Å². The van der Waals surface area contributed by atoms with Gasteiger partial charge in [0.15, 0.2) is 5.76 Å². The number of benzene rings is 2. The van der Waals surface area contributed by atoms with Gasteiger partial charge < -0.3 is 19.0 Å². The van der Waals surface area contributed by atoms with Crippen LogP contribution in [0.2, 0.25) is 0 Å². The second-order valence-electron chi connectivity index (χ2n) is 8.38. The average molecular weight is 446 g/mol. The minimum Gasteiger partial charge on any atom is -0.494 e. The number of para-hydroxylation sites is 2. The van der Waals surface area contributed by atoms with E-state index in [1.54, 1.807) is 12.1 Å². The lowest BCUT2D eigenvalue weighted by atomic mass is 10.1. The molecular weight excluding hydrogens is 414 g/mol. The Hall–Kier alpha value is -3.54. The molecule has 4 rings (SSSR count). The molecule has 0 saturated carbocycles. The molecule has 0 radical (unpaired) electrons. The molecule has 1 N–H and O–H groups in total. The van der Waals surface area contributed by atoms with E-state index in [2.05, 4.69) is 60.1 Å². The minimum absolute atomic E-state index is 0.183. The summed E-state index contributed by atoms with van der Waals surface area (Å²) in [5.74, 6) is 2.15. The molecule has 6 heteroatoms. The number of aromatic nitrogens is 2. The van der Waals surface area contributed by atoms with Gasteiger partial charge in [0.25, 0.3) is 5.91 Å². The van der Waals surface area contributed by atoms with Crippen LogP contribution in [0.5, 0.6) is 5.75 Å². The van der Waals surface area contributed by atoms with Crippen LogP contribution < -0.4 is 10.1 Å². The molecule has 0 aliphatic rings. The standard InChI is InChI=1S/C27H31N3O3/c1-20-17-21(2)19-22(18-20)32-15-6-5-14-30-24-10-4-3-9-23(24)29-26(30)12-7-13-28-27(31)25-11-8-16-33-25/h3-4,8-11,16-19H,5-7,12-15H2,1-2H3,(H,28,31). The number of hydrogen-bond donors (Lipinski definition) is 1. The smallest absolute Gasteiger partial charge is 0.286 e. The van der Waals surface area contributed by atoms with Crippen molar-refractivity contribution in [3.05, 3.63) is 83.6 Å². The summed E-state index contributed by atoms with van der Waals surface area (Å²) >= 11 is 0. The highest BCUT2D eigenvalue weighted by molar-refractivity contribution is 5.91. The third-order valence-corrected chi connectivity index (χ3v) is 5.58. The van der Waals surface area contributed by atoms with Crippen LogP contribution in [0.15, 0.2) is 65.3 Å². The predicted molar refractivity (Wildman–Crippen MR) is 130 cm³/mol. The lowest BCUT2D eigenvalue weighted by Crippen LogP contribution is -2.24. The number of amides is 1. The van der Waals surface area contributed by atoms with Crippen molar-refractivity contribution in [2.24, 2.45) is 0 Å². The van der Waals surface area contributed by atoms with Crippen LogP contribution in [0.25, 0.3) is 11.0 Å². The van der Waals surface area contributed by atoms with E-state index in [1.807, 2.05) is 6.07 Å². The number of aryl methyl sites for hydroxylation is 4. The van der Waals surface area contributed by atoms with Crippen LogP contribution in [0.1, 0.15) is 46.8 Å². The van der Waals surface area contributed by atoms with Crippen molar-refractivity contribution in [3.63, 3.8) is 0 Å². The first kappa shape index (κ1) is 22.6. The SMILES string of the molecule is Cc1cc(C)cc(OCCCCn2c(CCCNC(=O)c3ccco3)nc3ccccc32)c1. The molecular formula is C27H31N3O3. The van der Waals surface area contributed by atoms with Gasteiger partial charge in [-0.05, 0) is 80.6 Å². The molecule has 4 aromatic rings. The lowest BCUT2D eigenvalue weighted by Gasteiger charge is -2.11. The van der Waals surface area contributed by atoms with Crippen LogP contribution in [0.4, 0.5) is 0 Å². The Morgan fingerprint density at radius 2 is 1.85 bits per heavy atom. The van der Waals surface area contributed by atoms with Gasteiger partial charge in [-0.2, -0.15) is 0 Å². The fourth-order valence-electron chi connectivity index (χ4n) is 4.09. The van der Waals surface area contributed by atoms with Crippen LogP contribution in [-0.2, 0) is 13.0 Å². The Kier molecular flexibility index (Phi) is 7.45. The molecule has 0 saturated heterocycles. The molecule has 2 aromatic carbocycles. The Morgan fingerprint density at radius 1 is 1.03 bits per heavy atom. The van der Waals surface area contributed by atoms with Gasteiger partial charge in [-0.15, -0.1) is 0 Å². The first-order chi connectivity index (χ1) is 16.1. The zero-order valence-corrected chi connectivity index (χ0v) is 19.3. The maximum absolute atomic E-state index is 12.0. The van der Waals surface area contributed by atoms with Gasteiger partial charge in [0, 0.05) is 19.5 Å². The van der Waals surface area contributed by atoms with Crippen molar-refractivity contribution in [2.45, 2.75) is 46.1 Å². The second kappa shape index (κ2) is 10.9. The molecule has 1 amide bonds. The normalized spacial score (nSPS) is 11.1. The van der Waals surface area contributed by atoms with Crippen LogP contribution >= 0.6 is 0 Å². The van der Waals surface area contributed by atoms with E-state index >= 15 is 0 Å². The van der Waals surface area contributed by atoms with Crippen LogP contribution in [0, 0.1) is 13.8 Å². The van der Waals surface area contributed by atoms with Crippen molar-refractivity contribution in [1.82, 2.24) is 14.9 Å². The quantitative estimate of drug-likeness (QED) is 0.311. The summed E-state index contributed by atoms with van der Waals surface area (Å²) in [4.78, 5) is 16.9. The van der Waals surface area contributed by atoms with Crippen molar-refractivity contribution >= 4 is 16.9 Å². The minimum atomic E-state index is -0.183. The van der Waals surface area contributed by atoms with E-state index in [0.717, 1.165) is 54.8 Å². The highest BCUT2D eigenvalue weighted by Crippen LogP contribution is 2.19. The number of carbonyl (C=O) groups excluding carboxylic acids is 1. The molecule has 0 fully saturated rings. The summed E-state index contributed by atoms with van der Waals surface area (Å²) in [6, 6.07) is 17.9. The van der Waals surface area contributed by atoms with Crippen molar-refractivity contribution < 1.29 is 13.9 Å². The maximum atomic E-state index is 12.0. The molecule has 0 bridgehead atoms. The fourth-order valence-corrected chi connectivity index (χ4v) is 4.09. The number of unbranched alkanes of at least 4 members (excludes halogenated alkanes) is 1. The molecule has 0 unspecified atom stereocenters. The number of hydrogen-bond acceptors (Lipinski definition) is 4. The Labute approximate surface area is 194 Å². The largest absolute Gasteiger partial charge is 0.494 e. The first-order valence-corrected chi connectivity index (χ1v) is 11.6. The van der Waals surface area contributed by atoms with Crippen LogP contribution in [0.3, 0.4) is 0 Å². The summed E-state index contributed by atoms with van der Waals surface area (Å²) in [5, 5.41) is 2.91. The lowest BCUT2D eigenvalue weighted by molar-refractivity contribution is 0.0925. The number of carbonyl (C=O) groups is 1. The van der Waals surface area contributed by atoms with Gasteiger partial charge in [0.1, 0.15) is 11.6 Å². The number of furan rings is 1. The Morgan fingerprint density at radius 3 is 2.64 bits per heavy atom. The molecule has 33 heavy (non-hydrogen) atoms. The molecule has 6 nitrogen and oxygen atoms in total. The number of ether oxygens (including phenoxy) is 1. The highest BCUT2D eigenvalue weighted by atomic mass is 16.5. The van der Waals surface area contributed by atoms with E-state index < -0.39 is 0 Å².